The van der Waals surface area contributed by atoms with E-state index in [2.05, 4.69) is 40.9 Å². The van der Waals surface area contributed by atoms with Crippen molar-refractivity contribution in [2.45, 2.75) is 39.2 Å². The van der Waals surface area contributed by atoms with E-state index in [4.69, 9.17) is 4.74 Å². The highest BCUT2D eigenvalue weighted by Gasteiger charge is 2.29. The highest BCUT2D eigenvalue weighted by molar-refractivity contribution is 5.92. The molecule has 1 aliphatic rings. The average Bonchev–Trinajstić information content (AvgIpc) is 3.03. The summed E-state index contributed by atoms with van der Waals surface area (Å²) < 4.78 is 5.69. The summed E-state index contributed by atoms with van der Waals surface area (Å²) >= 11 is 0. The maximum atomic E-state index is 12.7. The van der Waals surface area contributed by atoms with E-state index in [1.165, 1.54) is 6.07 Å². The monoisotopic (exact) mass is 345 g/mol. The van der Waals surface area contributed by atoms with Gasteiger partial charge < -0.3 is 14.6 Å². The van der Waals surface area contributed by atoms with Crippen LogP contribution >= 0.6 is 0 Å². The Morgan fingerprint density at radius 1 is 1.36 bits per heavy atom. The first-order valence-electron chi connectivity index (χ1n) is 8.28. The Bertz CT molecular complexity index is 833. The van der Waals surface area contributed by atoms with Crippen molar-refractivity contribution in [3.05, 3.63) is 45.4 Å². The van der Waals surface area contributed by atoms with Crippen molar-refractivity contribution in [1.82, 2.24) is 25.1 Å². The molecule has 0 aliphatic carbocycles. The number of nitrogens with one attached hydrogen (secondary N) is 2. The number of aromatic nitrogens is 4. The summed E-state index contributed by atoms with van der Waals surface area (Å²) in [4.78, 5) is 33.1. The lowest BCUT2D eigenvalue weighted by Crippen LogP contribution is -2.43. The van der Waals surface area contributed by atoms with Crippen LogP contribution in [0.1, 0.15) is 54.6 Å². The molecular weight excluding hydrogens is 322 g/mol. The summed E-state index contributed by atoms with van der Waals surface area (Å²) in [6, 6.07) is 3.21. The predicted molar refractivity (Wildman–Crippen MR) is 91.5 cm³/mol. The predicted octanol–water partition coefficient (Wildman–Crippen LogP) is 1.31. The molecule has 1 atom stereocenters. The number of ether oxygens (including phenoxy) is 1. The number of aryl methyl sites for hydroxylation is 1. The molecule has 3 heterocycles. The number of nitrogens with zero attached hydrogens (tertiary/aromatic N) is 3. The second-order valence-electron chi connectivity index (χ2n) is 7.30. The molecular formula is C17H23N5O3. The van der Waals surface area contributed by atoms with E-state index in [9.17, 15) is 9.59 Å². The number of amides is 1. The molecule has 0 spiro atoms. The molecule has 0 radical (unpaired) electrons. The number of carbonyl (C=O) groups excluding carboxylic acids is 1. The van der Waals surface area contributed by atoms with E-state index in [-0.39, 0.29) is 16.9 Å². The van der Waals surface area contributed by atoms with Gasteiger partial charge in [-0.25, -0.2) is 4.98 Å². The van der Waals surface area contributed by atoms with E-state index in [0.29, 0.717) is 36.9 Å². The Morgan fingerprint density at radius 3 is 2.76 bits per heavy atom. The Kier molecular flexibility index (Phi) is 4.47. The SMILES string of the molecule is Cc1cc(=O)[nH]c(C2CN(C(=O)c3cc(C(C)(C)C)[nH]n3)CCO2)n1. The fourth-order valence-electron chi connectivity index (χ4n) is 2.73. The maximum absolute atomic E-state index is 12.7. The lowest BCUT2D eigenvalue weighted by Gasteiger charge is -2.32. The Morgan fingerprint density at radius 2 is 2.12 bits per heavy atom. The minimum absolute atomic E-state index is 0.107. The van der Waals surface area contributed by atoms with Crippen LogP contribution in [-0.4, -0.2) is 50.7 Å². The third-order valence-corrected chi connectivity index (χ3v) is 4.15. The van der Waals surface area contributed by atoms with Crippen molar-refractivity contribution in [3.8, 4) is 0 Å². The summed E-state index contributed by atoms with van der Waals surface area (Å²) in [7, 11) is 0. The quantitative estimate of drug-likeness (QED) is 0.854. The van der Waals surface area contributed by atoms with Crippen molar-refractivity contribution in [3.63, 3.8) is 0 Å². The van der Waals surface area contributed by atoms with E-state index in [1.807, 2.05) is 0 Å². The van der Waals surface area contributed by atoms with Gasteiger partial charge in [-0.3, -0.25) is 14.7 Å². The summed E-state index contributed by atoms with van der Waals surface area (Å²) in [5.74, 6) is 0.287. The van der Waals surface area contributed by atoms with E-state index in [0.717, 1.165) is 5.69 Å². The zero-order valence-electron chi connectivity index (χ0n) is 14.9. The third-order valence-electron chi connectivity index (χ3n) is 4.15. The van der Waals surface area contributed by atoms with E-state index < -0.39 is 6.10 Å². The van der Waals surface area contributed by atoms with Gasteiger partial charge in [-0.15, -0.1) is 0 Å². The first-order chi connectivity index (χ1) is 11.7. The van der Waals surface area contributed by atoms with Gasteiger partial charge in [-0.1, -0.05) is 20.8 Å². The van der Waals surface area contributed by atoms with Gasteiger partial charge in [-0.2, -0.15) is 5.10 Å². The molecule has 2 N–H and O–H groups in total. The maximum Gasteiger partial charge on any atom is 0.274 e. The fraction of sp³-hybridized carbons (Fsp3) is 0.529. The van der Waals surface area contributed by atoms with Gasteiger partial charge in [0.1, 0.15) is 17.6 Å². The normalized spacial score (nSPS) is 18.4. The number of aromatic amines is 2. The number of hydrogen-bond donors (Lipinski definition) is 2. The number of hydrogen-bond acceptors (Lipinski definition) is 5. The molecule has 3 rings (SSSR count). The van der Waals surface area contributed by atoms with Crippen LogP contribution in [0.25, 0.3) is 0 Å². The lowest BCUT2D eigenvalue weighted by molar-refractivity contribution is -0.0271. The van der Waals surface area contributed by atoms with Gasteiger partial charge in [0, 0.05) is 29.4 Å². The van der Waals surface area contributed by atoms with Crippen molar-refractivity contribution >= 4 is 5.91 Å². The van der Waals surface area contributed by atoms with Crippen LogP contribution in [0.2, 0.25) is 0 Å². The molecule has 0 saturated carbocycles. The van der Waals surface area contributed by atoms with Crippen molar-refractivity contribution in [1.29, 1.82) is 0 Å². The molecule has 1 amide bonds. The molecule has 1 unspecified atom stereocenters. The molecule has 8 nitrogen and oxygen atoms in total. The topological polar surface area (TPSA) is 104 Å². The fourth-order valence-corrected chi connectivity index (χ4v) is 2.73. The molecule has 25 heavy (non-hydrogen) atoms. The van der Waals surface area contributed by atoms with Gasteiger partial charge in [-0.05, 0) is 13.0 Å². The van der Waals surface area contributed by atoms with Gasteiger partial charge in [0.15, 0.2) is 0 Å². The minimum atomic E-state index is -0.452. The number of morpholine rings is 1. The standard InChI is InChI=1S/C17H23N5O3/c1-10-7-14(23)19-15(18-10)12-9-22(5-6-25-12)16(24)11-8-13(21-20-11)17(2,3)4/h7-8,12H,5-6,9H2,1-4H3,(H,20,21)(H,18,19,23). The largest absolute Gasteiger partial charge is 0.367 e. The smallest absolute Gasteiger partial charge is 0.274 e. The molecule has 8 heteroatoms. The Hall–Kier alpha value is -2.48. The zero-order chi connectivity index (χ0) is 18.2. The molecule has 134 valence electrons. The summed E-state index contributed by atoms with van der Waals surface area (Å²) in [5, 5.41) is 7.09. The highest BCUT2D eigenvalue weighted by atomic mass is 16.5. The van der Waals surface area contributed by atoms with E-state index in [1.54, 1.807) is 17.9 Å². The zero-order valence-corrected chi connectivity index (χ0v) is 14.9. The van der Waals surface area contributed by atoms with Crippen LogP contribution in [0.15, 0.2) is 16.9 Å². The van der Waals surface area contributed by atoms with Gasteiger partial charge >= 0.3 is 0 Å². The summed E-state index contributed by atoms with van der Waals surface area (Å²) in [6.45, 7) is 9.09. The number of H-pyrrole nitrogens is 2. The highest BCUT2D eigenvalue weighted by Crippen LogP contribution is 2.23. The molecule has 0 bridgehead atoms. The molecule has 2 aromatic heterocycles. The van der Waals surface area contributed by atoms with Crippen LogP contribution in [0, 0.1) is 6.92 Å². The number of carbonyl (C=O) groups is 1. The van der Waals surface area contributed by atoms with Gasteiger partial charge in [0.25, 0.3) is 11.5 Å². The molecule has 2 aromatic rings. The number of rotatable bonds is 2. The molecule has 0 aromatic carbocycles. The first-order valence-corrected chi connectivity index (χ1v) is 8.28. The molecule has 1 fully saturated rings. The second-order valence-corrected chi connectivity index (χ2v) is 7.30. The first kappa shape index (κ1) is 17.3. The third kappa shape index (κ3) is 3.79. The summed E-state index contributed by atoms with van der Waals surface area (Å²) in [6.07, 6.45) is -0.452. The van der Waals surface area contributed by atoms with Crippen LogP contribution in [0.4, 0.5) is 0 Å². The lowest BCUT2D eigenvalue weighted by atomic mass is 9.92. The average molecular weight is 345 g/mol. The summed E-state index contributed by atoms with van der Waals surface area (Å²) in [5.41, 5.74) is 1.58. The van der Waals surface area contributed by atoms with Crippen LogP contribution in [0.5, 0.6) is 0 Å². The second kappa shape index (κ2) is 6.44. The van der Waals surface area contributed by atoms with Crippen LogP contribution in [-0.2, 0) is 10.2 Å². The van der Waals surface area contributed by atoms with Crippen molar-refractivity contribution in [2.24, 2.45) is 0 Å². The Labute approximate surface area is 145 Å². The molecule has 1 saturated heterocycles. The molecule has 1 aliphatic heterocycles. The minimum Gasteiger partial charge on any atom is -0.367 e. The Balaban J connectivity index is 1.78. The van der Waals surface area contributed by atoms with Gasteiger partial charge in [0.05, 0.1) is 13.2 Å². The van der Waals surface area contributed by atoms with Crippen LogP contribution in [0.3, 0.4) is 0 Å². The van der Waals surface area contributed by atoms with Crippen molar-refractivity contribution < 1.29 is 9.53 Å². The van der Waals surface area contributed by atoms with Crippen molar-refractivity contribution in [2.75, 3.05) is 19.7 Å². The van der Waals surface area contributed by atoms with Crippen LogP contribution < -0.4 is 5.56 Å². The van der Waals surface area contributed by atoms with E-state index >= 15 is 0 Å². The van der Waals surface area contributed by atoms with Gasteiger partial charge in [0.2, 0.25) is 0 Å².